The van der Waals surface area contributed by atoms with E-state index < -0.39 is 0 Å². The Bertz CT molecular complexity index is 859. The molecular weight excluding hydrogens is 383 g/mol. The molecule has 0 unspecified atom stereocenters. The van der Waals surface area contributed by atoms with Crippen LogP contribution in [0.1, 0.15) is 25.3 Å². The molecule has 2 aromatic rings. The highest BCUT2D eigenvalue weighted by Gasteiger charge is 2.19. The van der Waals surface area contributed by atoms with Gasteiger partial charge in [-0.25, -0.2) is 4.39 Å². The van der Waals surface area contributed by atoms with E-state index in [1.807, 2.05) is 23.1 Å². The van der Waals surface area contributed by atoms with E-state index in [2.05, 4.69) is 11.8 Å². The number of halogens is 1. The minimum absolute atomic E-state index is 0.0176. The van der Waals surface area contributed by atoms with E-state index >= 15 is 0 Å². The summed E-state index contributed by atoms with van der Waals surface area (Å²) in [7, 11) is 1.61. The number of benzene rings is 2. The lowest BCUT2D eigenvalue weighted by molar-refractivity contribution is -0.126. The number of methoxy groups -OCH3 is 1. The molecule has 5 nitrogen and oxygen atoms in total. The molecule has 0 atom stereocenters. The van der Waals surface area contributed by atoms with Crippen LogP contribution in [0.4, 0.5) is 10.1 Å². The van der Waals surface area contributed by atoms with E-state index in [4.69, 9.17) is 9.47 Å². The van der Waals surface area contributed by atoms with Gasteiger partial charge in [-0.15, -0.1) is 0 Å². The Morgan fingerprint density at radius 3 is 2.47 bits per heavy atom. The largest absolute Gasteiger partial charge is 0.493 e. The molecule has 1 aliphatic heterocycles. The van der Waals surface area contributed by atoms with Crippen molar-refractivity contribution in [1.29, 1.82) is 0 Å². The average molecular weight is 413 g/mol. The van der Waals surface area contributed by atoms with Crippen LogP contribution in [0, 0.1) is 5.82 Å². The van der Waals surface area contributed by atoms with Gasteiger partial charge in [-0.2, -0.15) is 0 Å². The molecule has 2 aromatic carbocycles. The number of carbonyl (C=O) groups is 1. The predicted molar refractivity (Wildman–Crippen MR) is 118 cm³/mol. The molecule has 1 fully saturated rings. The van der Waals surface area contributed by atoms with Crippen molar-refractivity contribution in [2.75, 3.05) is 44.8 Å². The van der Waals surface area contributed by atoms with Crippen LogP contribution in [-0.2, 0) is 4.79 Å². The number of unbranched alkanes of at least 4 members (excludes halogenated alkanes) is 1. The van der Waals surface area contributed by atoms with Crippen LogP contribution >= 0.6 is 0 Å². The van der Waals surface area contributed by atoms with Crippen LogP contribution in [0.2, 0.25) is 0 Å². The number of carbonyl (C=O) groups excluding carboxylic acids is 1. The van der Waals surface area contributed by atoms with Crippen molar-refractivity contribution in [3.8, 4) is 11.5 Å². The van der Waals surface area contributed by atoms with E-state index in [9.17, 15) is 9.18 Å². The minimum Gasteiger partial charge on any atom is -0.493 e. The lowest BCUT2D eigenvalue weighted by Crippen LogP contribution is -2.48. The normalized spacial score (nSPS) is 14.2. The summed E-state index contributed by atoms with van der Waals surface area (Å²) >= 11 is 0. The molecule has 1 heterocycles. The van der Waals surface area contributed by atoms with Gasteiger partial charge in [0.2, 0.25) is 5.91 Å². The van der Waals surface area contributed by atoms with Gasteiger partial charge in [-0.1, -0.05) is 19.4 Å². The summed E-state index contributed by atoms with van der Waals surface area (Å²) in [6, 6.07) is 12.1. The van der Waals surface area contributed by atoms with Crippen LogP contribution in [0.25, 0.3) is 6.08 Å². The van der Waals surface area contributed by atoms with E-state index in [-0.39, 0.29) is 11.7 Å². The third kappa shape index (κ3) is 5.75. The fraction of sp³-hybridized carbons (Fsp3) is 0.375. The number of nitrogens with zero attached hydrogens (tertiary/aromatic N) is 2. The van der Waals surface area contributed by atoms with Gasteiger partial charge in [-0.05, 0) is 54.5 Å². The Hall–Kier alpha value is -3.02. The van der Waals surface area contributed by atoms with Gasteiger partial charge in [0.05, 0.1) is 13.7 Å². The molecule has 6 heteroatoms. The topological polar surface area (TPSA) is 42.0 Å². The lowest BCUT2D eigenvalue weighted by atomic mass is 10.1. The first-order valence-corrected chi connectivity index (χ1v) is 10.4. The van der Waals surface area contributed by atoms with Crippen LogP contribution in [0.5, 0.6) is 11.5 Å². The summed E-state index contributed by atoms with van der Waals surface area (Å²) in [5, 5.41) is 0. The maximum absolute atomic E-state index is 13.1. The quantitative estimate of drug-likeness (QED) is 0.477. The molecule has 0 saturated carbocycles. The fourth-order valence-electron chi connectivity index (χ4n) is 3.34. The Morgan fingerprint density at radius 2 is 1.80 bits per heavy atom. The van der Waals surface area contributed by atoms with Crippen LogP contribution in [0.15, 0.2) is 48.5 Å². The van der Waals surface area contributed by atoms with Gasteiger partial charge in [0.1, 0.15) is 5.82 Å². The van der Waals surface area contributed by atoms with Crippen molar-refractivity contribution in [2.45, 2.75) is 19.8 Å². The SMILES string of the molecule is CCCCOc1ccc(/C=C/C(=O)N2CCN(c3ccc(F)cc3)CC2)cc1OC. The van der Waals surface area contributed by atoms with Crippen molar-refractivity contribution in [2.24, 2.45) is 0 Å². The Kier molecular flexibility index (Phi) is 7.71. The van der Waals surface area contributed by atoms with Gasteiger partial charge >= 0.3 is 0 Å². The summed E-state index contributed by atoms with van der Waals surface area (Å²) in [4.78, 5) is 16.6. The third-order valence-electron chi connectivity index (χ3n) is 5.14. The molecular formula is C24H29FN2O3. The Balaban J connectivity index is 1.55. The Labute approximate surface area is 177 Å². The first kappa shape index (κ1) is 21.7. The zero-order chi connectivity index (χ0) is 21.3. The van der Waals surface area contributed by atoms with Crippen molar-refractivity contribution >= 4 is 17.7 Å². The number of rotatable bonds is 8. The molecule has 0 aromatic heterocycles. The standard InChI is InChI=1S/C24H29FN2O3/c1-3-4-17-30-22-11-5-19(18-23(22)29-2)6-12-24(28)27-15-13-26(14-16-27)21-9-7-20(25)8-10-21/h5-12,18H,3-4,13-17H2,1-2H3/b12-6+. The minimum atomic E-state index is -0.241. The van der Waals surface area contributed by atoms with E-state index in [0.717, 1.165) is 37.2 Å². The van der Waals surface area contributed by atoms with Gasteiger partial charge < -0.3 is 19.3 Å². The summed E-state index contributed by atoms with van der Waals surface area (Å²) in [5.74, 6) is 1.12. The molecule has 1 saturated heterocycles. The third-order valence-corrected chi connectivity index (χ3v) is 5.14. The Morgan fingerprint density at radius 1 is 1.07 bits per heavy atom. The monoisotopic (exact) mass is 412 g/mol. The molecule has 0 N–H and O–H groups in total. The number of ether oxygens (including phenoxy) is 2. The molecule has 1 aliphatic rings. The zero-order valence-corrected chi connectivity index (χ0v) is 17.6. The maximum atomic E-state index is 13.1. The number of hydrogen-bond acceptors (Lipinski definition) is 4. The van der Waals surface area contributed by atoms with Gasteiger partial charge in [0.25, 0.3) is 0 Å². The highest BCUT2D eigenvalue weighted by atomic mass is 19.1. The smallest absolute Gasteiger partial charge is 0.246 e. The second kappa shape index (κ2) is 10.7. The summed E-state index contributed by atoms with van der Waals surface area (Å²) in [5.41, 5.74) is 1.86. The number of hydrogen-bond donors (Lipinski definition) is 0. The predicted octanol–water partition coefficient (Wildman–Crippen LogP) is 4.38. The maximum Gasteiger partial charge on any atom is 0.246 e. The molecule has 160 valence electrons. The molecule has 0 bridgehead atoms. The van der Waals surface area contributed by atoms with Crippen molar-refractivity contribution < 1.29 is 18.7 Å². The van der Waals surface area contributed by atoms with Gasteiger partial charge in [-0.3, -0.25) is 4.79 Å². The molecule has 3 rings (SSSR count). The molecule has 30 heavy (non-hydrogen) atoms. The summed E-state index contributed by atoms with van der Waals surface area (Å²) in [6.07, 6.45) is 5.46. The summed E-state index contributed by atoms with van der Waals surface area (Å²) in [6.45, 7) is 5.49. The van der Waals surface area contributed by atoms with Crippen molar-refractivity contribution in [1.82, 2.24) is 4.90 Å². The zero-order valence-electron chi connectivity index (χ0n) is 17.6. The second-order valence-corrected chi connectivity index (χ2v) is 7.23. The lowest BCUT2D eigenvalue weighted by Gasteiger charge is -2.35. The van der Waals surface area contributed by atoms with E-state index in [1.54, 1.807) is 31.4 Å². The molecule has 1 amide bonds. The molecule has 0 spiro atoms. The van der Waals surface area contributed by atoms with E-state index in [0.29, 0.717) is 31.2 Å². The first-order valence-electron chi connectivity index (χ1n) is 10.4. The molecule has 0 radical (unpaired) electrons. The number of piperazine rings is 1. The number of anilines is 1. The number of amides is 1. The second-order valence-electron chi connectivity index (χ2n) is 7.23. The van der Waals surface area contributed by atoms with Crippen LogP contribution in [-0.4, -0.2) is 50.7 Å². The fourth-order valence-corrected chi connectivity index (χ4v) is 3.34. The van der Waals surface area contributed by atoms with Crippen LogP contribution in [0.3, 0.4) is 0 Å². The molecule has 0 aliphatic carbocycles. The van der Waals surface area contributed by atoms with Crippen molar-refractivity contribution in [3.05, 3.63) is 59.9 Å². The summed E-state index contributed by atoms with van der Waals surface area (Å²) < 4.78 is 24.3. The first-order chi connectivity index (χ1) is 14.6. The van der Waals surface area contributed by atoms with Crippen LogP contribution < -0.4 is 14.4 Å². The van der Waals surface area contributed by atoms with Gasteiger partial charge in [0, 0.05) is 37.9 Å². The van der Waals surface area contributed by atoms with Crippen molar-refractivity contribution in [3.63, 3.8) is 0 Å². The highest BCUT2D eigenvalue weighted by molar-refractivity contribution is 5.92. The highest BCUT2D eigenvalue weighted by Crippen LogP contribution is 2.28. The average Bonchev–Trinajstić information content (AvgIpc) is 2.78. The van der Waals surface area contributed by atoms with E-state index in [1.165, 1.54) is 12.1 Å². The van der Waals surface area contributed by atoms with Gasteiger partial charge in [0.15, 0.2) is 11.5 Å².